The summed E-state index contributed by atoms with van der Waals surface area (Å²) in [6, 6.07) is 3.67. The Bertz CT molecular complexity index is 1030. The molecule has 3 N–H and O–H groups in total. The van der Waals surface area contributed by atoms with Gasteiger partial charge in [0.25, 0.3) is 5.91 Å². The van der Waals surface area contributed by atoms with Crippen LogP contribution >= 0.6 is 0 Å². The van der Waals surface area contributed by atoms with Gasteiger partial charge in [0, 0.05) is 30.2 Å². The Morgan fingerprint density at radius 1 is 1.16 bits per heavy atom. The second-order valence-corrected chi connectivity index (χ2v) is 12.7. The van der Waals surface area contributed by atoms with Crippen molar-refractivity contribution in [2.45, 2.75) is 76.5 Å². The second-order valence-electron chi connectivity index (χ2n) is 10.1. The van der Waals surface area contributed by atoms with E-state index >= 15 is 0 Å². The summed E-state index contributed by atoms with van der Waals surface area (Å²) in [5, 5.41) is 14.1. The molecule has 37 heavy (non-hydrogen) atoms. The second kappa shape index (κ2) is 13.1. The number of hydrogen-bond acceptors (Lipinski definition) is 6. The number of carbonyl (C=O) groups is 2. The van der Waals surface area contributed by atoms with Crippen LogP contribution in [0.3, 0.4) is 0 Å². The van der Waals surface area contributed by atoms with E-state index in [-0.39, 0.29) is 35.9 Å². The number of nitrogens with zero attached hydrogens (tertiary/aromatic N) is 1. The van der Waals surface area contributed by atoms with Crippen LogP contribution in [0.15, 0.2) is 24.3 Å². The van der Waals surface area contributed by atoms with E-state index in [0.29, 0.717) is 31.9 Å². The predicted octanol–water partition coefficient (Wildman–Crippen LogP) is 2.61. The van der Waals surface area contributed by atoms with E-state index in [2.05, 4.69) is 15.5 Å². The molecule has 0 saturated heterocycles. The van der Waals surface area contributed by atoms with E-state index < -0.39 is 51.2 Å². The van der Waals surface area contributed by atoms with Gasteiger partial charge in [-0.15, -0.1) is 0 Å². The smallest absolute Gasteiger partial charge is 0.395 e. The van der Waals surface area contributed by atoms with Crippen molar-refractivity contribution in [2.75, 3.05) is 25.4 Å². The number of nitrogens with one attached hydrogen (secondary N) is 2. The predicted molar refractivity (Wildman–Crippen MR) is 135 cm³/mol. The fourth-order valence-electron chi connectivity index (χ4n) is 4.74. The lowest BCUT2D eigenvalue weighted by Gasteiger charge is -2.43. The SMILES string of the molecule is CC(C)N(CCO)[C@@H]1CC[C@H](NC(=O)CNC(=O)c2cccc(C(F)(F)F)c2)[C@@H](CS(=O)(=O)C(C)C)C1. The molecule has 2 rings (SSSR count). The summed E-state index contributed by atoms with van der Waals surface area (Å²) >= 11 is 0. The van der Waals surface area contributed by atoms with Crippen molar-refractivity contribution >= 4 is 21.7 Å². The Morgan fingerprint density at radius 3 is 2.41 bits per heavy atom. The standard InChI is InChI=1S/C25H38F3N3O5S/c1-16(2)31(10-11-32)21-8-9-22(19(13-21)15-37(35,36)17(3)4)30-23(33)14-29-24(34)18-6-5-7-20(12-18)25(26,27)28/h5-7,12,16-17,19,21-22,32H,8-11,13-15H2,1-4H3,(H,29,34)(H,30,33)/t19-,21-,22+/m1/s1. The van der Waals surface area contributed by atoms with Crippen molar-refractivity contribution in [1.29, 1.82) is 0 Å². The van der Waals surface area contributed by atoms with Gasteiger partial charge in [-0.05, 0) is 71.1 Å². The average molecular weight is 550 g/mol. The summed E-state index contributed by atoms with van der Waals surface area (Å²) < 4.78 is 64.2. The fraction of sp³-hybridized carbons (Fsp3) is 0.680. The van der Waals surface area contributed by atoms with Gasteiger partial charge in [-0.2, -0.15) is 13.2 Å². The molecule has 0 unspecified atom stereocenters. The van der Waals surface area contributed by atoms with Gasteiger partial charge < -0.3 is 15.7 Å². The fourth-order valence-corrected chi connectivity index (χ4v) is 6.09. The molecule has 1 saturated carbocycles. The lowest BCUT2D eigenvalue weighted by Crippen LogP contribution is -2.53. The van der Waals surface area contributed by atoms with E-state index in [1.54, 1.807) is 13.8 Å². The maximum atomic E-state index is 12.9. The highest BCUT2D eigenvalue weighted by molar-refractivity contribution is 7.91. The van der Waals surface area contributed by atoms with Crippen molar-refractivity contribution < 1.29 is 36.3 Å². The van der Waals surface area contributed by atoms with Crippen molar-refractivity contribution in [1.82, 2.24) is 15.5 Å². The van der Waals surface area contributed by atoms with Gasteiger partial charge in [0.1, 0.15) is 0 Å². The normalized spacial score (nSPS) is 20.9. The molecule has 1 aromatic carbocycles. The van der Waals surface area contributed by atoms with Crippen molar-refractivity contribution in [2.24, 2.45) is 5.92 Å². The molecule has 1 aliphatic rings. The van der Waals surface area contributed by atoms with Crippen molar-refractivity contribution in [3.05, 3.63) is 35.4 Å². The lowest BCUT2D eigenvalue weighted by molar-refractivity contribution is -0.137. The first-order valence-corrected chi connectivity index (χ1v) is 14.2. The van der Waals surface area contributed by atoms with Crippen LogP contribution in [-0.4, -0.2) is 79.1 Å². The van der Waals surface area contributed by atoms with Crippen LogP contribution < -0.4 is 10.6 Å². The van der Waals surface area contributed by atoms with E-state index in [4.69, 9.17) is 0 Å². The molecule has 3 atom stereocenters. The largest absolute Gasteiger partial charge is 0.416 e. The molecule has 210 valence electrons. The quantitative estimate of drug-likeness (QED) is 0.391. The van der Waals surface area contributed by atoms with Crippen LogP contribution in [0.25, 0.3) is 0 Å². The Hall–Kier alpha value is -2.18. The third kappa shape index (κ3) is 8.96. The number of aliphatic hydroxyl groups is 1. The third-order valence-electron chi connectivity index (χ3n) is 6.82. The molecule has 0 radical (unpaired) electrons. The molecule has 1 aromatic rings. The van der Waals surface area contributed by atoms with Crippen LogP contribution in [0.5, 0.6) is 0 Å². The summed E-state index contributed by atoms with van der Waals surface area (Å²) in [6.45, 7) is 7.23. The molecule has 1 aliphatic carbocycles. The van der Waals surface area contributed by atoms with E-state index in [0.717, 1.165) is 12.1 Å². The van der Waals surface area contributed by atoms with Gasteiger partial charge in [0.15, 0.2) is 9.84 Å². The topological polar surface area (TPSA) is 116 Å². The Labute approximate surface area is 216 Å². The molecule has 0 bridgehead atoms. The van der Waals surface area contributed by atoms with Crippen LogP contribution in [0, 0.1) is 5.92 Å². The highest BCUT2D eigenvalue weighted by atomic mass is 32.2. The van der Waals surface area contributed by atoms with Crippen molar-refractivity contribution in [3.63, 3.8) is 0 Å². The number of alkyl halides is 3. The highest BCUT2D eigenvalue weighted by Gasteiger charge is 2.38. The van der Waals surface area contributed by atoms with Gasteiger partial charge in [-0.25, -0.2) is 8.42 Å². The average Bonchev–Trinajstić information content (AvgIpc) is 2.81. The van der Waals surface area contributed by atoms with E-state index in [9.17, 15) is 36.3 Å². The first-order chi connectivity index (χ1) is 17.2. The first-order valence-electron chi connectivity index (χ1n) is 12.5. The monoisotopic (exact) mass is 549 g/mol. The minimum Gasteiger partial charge on any atom is -0.395 e. The number of benzene rings is 1. The number of halogens is 3. The summed E-state index contributed by atoms with van der Waals surface area (Å²) in [7, 11) is -3.41. The molecule has 0 heterocycles. The first kappa shape index (κ1) is 31.0. The number of hydrogen-bond donors (Lipinski definition) is 3. The third-order valence-corrected chi connectivity index (χ3v) is 9.15. The molecule has 0 aromatic heterocycles. The summed E-state index contributed by atoms with van der Waals surface area (Å²) in [6.07, 6.45) is -2.87. The summed E-state index contributed by atoms with van der Waals surface area (Å²) in [5.74, 6) is -1.84. The number of amides is 2. The van der Waals surface area contributed by atoms with Gasteiger partial charge in [0.2, 0.25) is 5.91 Å². The molecular formula is C25H38F3N3O5S. The van der Waals surface area contributed by atoms with Gasteiger partial charge in [-0.3, -0.25) is 14.5 Å². The maximum Gasteiger partial charge on any atom is 0.416 e. The number of aliphatic hydroxyl groups excluding tert-OH is 1. The van der Waals surface area contributed by atoms with E-state index in [1.807, 2.05) is 13.8 Å². The van der Waals surface area contributed by atoms with Gasteiger partial charge in [-0.1, -0.05) is 6.07 Å². The molecule has 0 aliphatic heterocycles. The molecule has 8 nitrogen and oxygen atoms in total. The zero-order valence-corrected chi connectivity index (χ0v) is 22.5. The Morgan fingerprint density at radius 2 is 1.84 bits per heavy atom. The maximum absolute atomic E-state index is 12.9. The summed E-state index contributed by atoms with van der Waals surface area (Å²) in [5.41, 5.74) is -1.19. The van der Waals surface area contributed by atoms with Crippen LogP contribution in [0.4, 0.5) is 13.2 Å². The minimum absolute atomic E-state index is 0.0185. The minimum atomic E-state index is -4.60. The van der Waals surface area contributed by atoms with Crippen LogP contribution in [0.1, 0.15) is 62.9 Å². The lowest BCUT2D eigenvalue weighted by atomic mass is 9.81. The molecule has 1 fully saturated rings. The number of sulfone groups is 1. The van der Waals surface area contributed by atoms with E-state index in [1.165, 1.54) is 6.07 Å². The summed E-state index contributed by atoms with van der Waals surface area (Å²) in [4.78, 5) is 27.1. The molecule has 2 amide bonds. The molecule has 12 heteroatoms. The zero-order chi connectivity index (χ0) is 28.0. The number of rotatable bonds is 11. The highest BCUT2D eigenvalue weighted by Crippen LogP contribution is 2.31. The zero-order valence-electron chi connectivity index (χ0n) is 21.7. The molecule has 0 spiro atoms. The molecular weight excluding hydrogens is 511 g/mol. The van der Waals surface area contributed by atoms with Crippen molar-refractivity contribution in [3.8, 4) is 0 Å². The number of carbonyl (C=O) groups excluding carboxylic acids is 2. The van der Waals surface area contributed by atoms with Crippen LogP contribution in [0.2, 0.25) is 0 Å². The van der Waals surface area contributed by atoms with Gasteiger partial charge >= 0.3 is 6.18 Å². The Balaban J connectivity index is 2.08. The van der Waals surface area contributed by atoms with Gasteiger partial charge in [0.05, 0.1) is 29.7 Å². The van der Waals surface area contributed by atoms with Crippen LogP contribution in [-0.2, 0) is 20.8 Å². The Kier molecular flexibility index (Phi) is 11.0.